The summed E-state index contributed by atoms with van der Waals surface area (Å²) in [6.45, 7) is 3.82. The summed E-state index contributed by atoms with van der Waals surface area (Å²) in [5.74, 6) is -0.184. The van der Waals surface area contributed by atoms with Gasteiger partial charge in [0.25, 0.3) is 0 Å². The molecule has 160 valence electrons. The van der Waals surface area contributed by atoms with E-state index in [1.807, 2.05) is 6.07 Å². The fourth-order valence-electron chi connectivity index (χ4n) is 5.05. The molecule has 2 saturated heterocycles. The Balaban J connectivity index is 1.37. The molecule has 2 fully saturated rings. The second-order valence-corrected chi connectivity index (χ2v) is 8.69. The van der Waals surface area contributed by atoms with Gasteiger partial charge in [0.1, 0.15) is 5.82 Å². The molecule has 1 amide bonds. The van der Waals surface area contributed by atoms with Crippen LogP contribution in [-0.2, 0) is 17.9 Å². The van der Waals surface area contributed by atoms with Crippen LogP contribution in [0.1, 0.15) is 36.8 Å². The highest BCUT2D eigenvalue weighted by Gasteiger charge is 2.38. The van der Waals surface area contributed by atoms with Gasteiger partial charge in [-0.1, -0.05) is 48.5 Å². The molecule has 4 nitrogen and oxygen atoms in total. The number of likely N-dealkylation sites (tertiary alicyclic amines) is 2. The number of carbonyl (C=O) groups is 1. The fourth-order valence-corrected chi connectivity index (χ4v) is 5.05. The van der Waals surface area contributed by atoms with Crippen LogP contribution in [0, 0.1) is 5.82 Å². The molecule has 2 atom stereocenters. The molecular formula is C25H32FN3O. The minimum absolute atomic E-state index is 0.0674. The SMILES string of the molecule is CN(Cc1ccccc1F)C(=O)CN1CCCC1C1CCCN1Cc1ccccc1. The molecule has 0 N–H and O–H groups in total. The molecule has 2 heterocycles. The van der Waals surface area contributed by atoms with E-state index < -0.39 is 0 Å². The van der Waals surface area contributed by atoms with E-state index in [9.17, 15) is 9.18 Å². The van der Waals surface area contributed by atoms with Crippen LogP contribution in [0.2, 0.25) is 0 Å². The van der Waals surface area contributed by atoms with E-state index in [1.54, 1.807) is 24.1 Å². The van der Waals surface area contributed by atoms with Crippen molar-refractivity contribution < 1.29 is 9.18 Å². The van der Waals surface area contributed by atoms with E-state index in [0.29, 0.717) is 30.7 Å². The van der Waals surface area contributed by atoms with Crippen LogP contribution in [0.4, 0.5) is 4.39 Å². The number of carbonyl (C=O) groups excluding carboxylic acids is 1. The van der Waals surface area contributed by atoms with Crippen molar-refractivity contribution in [2.75, 3.05) is 26.7 Å². The van der Waals surface area contributed by atoms with E-state index >= 15 is 0 Å². The summed E-state index contributed by atoms with van der Waals surface area (Å²) in [5, 5.41) is 0. The molecule has 4 rings (SSSR count). The molecule has 0 radical (unpaired) electrons. The van der Waals surface area contributed by atoms with E-state index in [2.05, 4.69) is 40.1 Å². The third-order valence-corrected chi connectivity index (χ3v) is 6.63. The molecule has 2 aromatic carbocycles. The van der Waals surface area contributed by atoms with Gasteiger partial charge in [-0.25, -0.2) is 4.39 Å². The minimum Gasteiger partial charge on any atom is -0.340 e. The predicted molar refractivity (Wildman–Crippen MR) is 117 cm³/mol. The Morgan fingerprint density at radius 3 is 2.33 bits per heavy atom. The van der Waals surface area contributed by atoms with Crippen molar-refractivity contribution in [2.24, 2.45) is 0 Å². The average Bonchev–Trinajstić information content (AvgIpc) is 3.39. The molecule has 2 unspecified atom stereocenters. The van der Waals surface area contributed by atoms with Crippen LogP contribution < -0.4 is 0 Å². The number of hydrogen-bond acceptors (Lipinski definition) is 3. The number of nitrogens with zero attached hydrogens (tertiary/aromatic N) is 3. The van der Waals surface area contributed by atoms with Crippen molar-refractivity contribution in [3.05, 3.63) is 71.5 Å². The molecule has 0 spiro atoms. The van der Waals surface area contributed by atoms with Crippen LogP contribution in [0.15, 0.2) is 54.6 Å². The molecule has 0 aromatic heterocycles. The lowest BCUT2D eigenvalue weighted by molar-refractivity contribution is -0.132. The molecule has 0 saturated carbocycles. The molecule has 2 aromatic rings. The largest absolute Gasteiger partial charge is 0.340 e. The first kappa shape index (κ1) is 21.0. The Morgan fingerprint density at radius 1 is 0.967 bits per heavy atom. The number of rotatable bonds is 7. The van der Waals surface area contributed by atoms with Gasteiger partial charge in [0, 0.05) is 37.8 Å². The topological polar surface area (TPSA) is 26.8 Å². The van der Waals surface area contributed by atoms with Crippen molar-refractivity contribution in [3.8, 4) is 0 Å². The summed E-state index contributed by atoms with van der Waals surface area (Å²) in [6, 6.07) is 18.3. The quantitative estimate of drug-likeness (QED) is 0.694. The predicted octanol–water partition coefficient (Wildman–Crippen LogP) is 3.91. The number of benzene rings is 2. The van der Waals surface area contributed by atoms with Crippen LogP contribution in [-0.4, -0.2) is 59.4 Å². The van der Waals surface area contributed by atoms with E-state index in [0.717, 1.165) is 32.5 Å². The van der Waals surface area contributed by atoms with Crippen molar-refractivity contribution in [1.82, 2.24) is 14.7 Å². The Bertz CT molecular complexity index is 843. The van der Waals surface area contributed by atoms with E-state index in [-0.39, 0.29) is 11.7 Å². The first-order valence-electron chi connectivity index (χ1n) is 11.1. The normalized spacial score (nSPS) is 22.5. The fraction of sp³-hybridized carbons (Fsp3) is 0.480. The Kier molecular flexibility index (Phi) is 6.80. The molecule has 30 heavy (non-hydrogen) atoms. The Labute approximate surface area is 179 Å². The number of hydrogen-bond donors (Lipinski definition) is 0. The maximum atomic E-state index is 14.0. The van der Waals surface area contributed by atoms with Gasteiger partial charge in [0.15, 0.2) is 0 Å². The minimum atomic E-state index is -0.251. The summed E-state index contributed by atoms with van der Waals surface area (Å²) < 4.78 is 14.0. The highest BCUT2D eigenvalue weighted by molar-refractivity contribution is 5.78. The van der Waals surface area contributed by atoms with Crippen molar-refractivity contribution >= 4 is 5.91 Å². The second-order valence-electron chi connectivity index (χ2n) is 8.69. The smallest absolute Gasteiger partial charge is 0.236 e. The first-order valence-corrected chi connectivity index (χ1v) is 11.1. The van der Waals surface area contributed by atoms with Crippen LogP contribution in [0.5, 0.6) is 0 Å². The molecule has 0 aliphatic carbocycles. The summed E-state index contributed by atoms with van der Waals surface area (Å²) >= 11 is 0. The van der Waals surface area contributed by atoms with Gasteiger partial charge < -0.3 is 4.90 Å². The second kappa shape index (κ2) is 9.71. The first-order chi connectivity index (χ1) is 14.6. The Morgan fingerprint density at radius 2 is 1.60 bits per heavy atom. The molecule has 0 bridgehead atoms. The number of amides is 1. The lowest BCUT2D eigenvalue weighted by Crippen LogP contribution is -2.48. The van der Waals surface area contributed by atoms with Gasteiger partial charge in [-0.2, -0.15) is 0 Å². The number of likely N-dealkylation sites (N-methyl/N-ethyl adjacent to an activating group) is 1. The Hall–Kier alpha value is -2.24. The third kappa shape index (κ3) is 4.90. The standard InChI is InChI=1S/C25H32FN3O/c1-27(18-21-11-5-6-12-22(21)26)25(30)19-29-16-8-14-24(29)23-13-7-15-28(23)17-20-9-3-2-4-10-20/h2-6,9-12,23-24H,7-8,13-19H2,1H3. The number of halogens is 1. The van der Waals surface area contributed by atoms with E-state index in [1.165, 1.54) is 24.5 Å². The van der Waals surface area contributed by atoms with Gasteiger partial charge >= 0.3 is 0 Å². The van der Waals surface area contributed by atoms with Crippen LogP contribution in [0.25, 0.3) is 0 Å². The average molecular weight is 410 g/mol. The van der Waals surface area contributed by atoms with Gasteiger partial charge in [-0.3, -0.25) is 14.6 Å². The molecule has 2 aliphatic heterocycles. The third-order valence-electron chi connectivity index (χ3n) is 6.63. The molecule has 5 heteroatoms. The van der Waals surface area contributed by atoms with Gasteiger partial charge in [-0.15, -0.1) is 0 Å². The molecular weight excluding hydrogens is 377 g/mol. The zero-order valence-electron chi connectivity index (χ0n) is 17.8. The molecule has 2 aliphatic rings. The van der Waals surface area contributed by atoms with Crippen molar-refractivity contribution in [2.45, 2.75) is 50.9 Å². The zero-order valence-corrected chi connectivity index (χ0v) is 17.8. The van der Waals surface area contributed by atoms with Gasteiger partial charge in [0.2, 0.25) is 5.91 Å². The van der Waals surface area contributed by atoms with E-state index in [4.69, 9.17) is 0 Å². The zero-order chi connectivity index (χ0) is 20.9. The summed E-state index contributed by atoms with van der Waals surface area (Å²) in [6.07, 6.45) is 4.72. The maximum absolute atomic E-state index is 14.0. The lowest BCUT2D eigenvalue weighted by Gasteiger charge is -2.35. The highest BCUT2D eigenvalue weighted by atomic mass is 19.1. The summed E-state index contributed by atoms with van der Waals surface area (Å²) in [7, 11) is 1.77. The van der Waals surface area contributed by atoms with Crippen LogP contribution in [0.3, 0.4) is 0 Å². The monoisotopic (exact) mass is 409 g/mol. The maximum Gasteiger partial charge on any atom is 0.236 e. The summed E-state index contributed by atoms with van der Waals surface area (Å²) in [4.78, 5) is 19.5. The van der Waals surface area contributed by atoms with Gasteiger partial charge in [0.05, 0.1) is 6.54 Å². The van der Waals surface area contributed by atoms with Crippen LogP contribution >= 0.6 is 0 Å². The van der Waals surface area contributed by atoms with Crippen molar-refractivity contribution in [3.63, 3.8) is 0 Å². The summed E-state index contributed by atoms with van der Waals surface area (Å²) in [5.41, 5.74) is 1.92. The lowest BCUT2D eigenvalue weighted by atomic mass is 10.0. The van der Waals surface area contributed by atoms with Crippen molar-refractivity contribution in [1.29, 1.82) is 0 Å². The van der Waals surface area contributed by atoms with Gasteiger partial charge in [-0.05, 0) is 50.4 Å². The highest BCUT2D eigenvalue weighted by Crippen LogP contribution is 2.31.